The average Bonchev–Trinajstić information content (AvgIpc) is 3.08. The number of anilines is 1. The van der Waals surface area contributed by atoms with Gasteiger partial charge in [0.05, 0.1) is 29.2 Å². The Balaban J connectivity index is 1.48. The first kappa shape index (κ1) is 19.6. The number of amides is 1. The minimum Gasteiger partial charge on any atom is -0.324 e. The second kappa shape index (κ2) is 8.33. The molecule has 0 aliphatic carbocycles. The fourth-order valence-corrected chi connectivity index (χ4v) is 4.19. The molecule has 152 valence electrons. The molecule has 0 bridgehead atoms. The zero-order valence-corrected chi connectivity index (χ0v) is 16.9. The second-order valence-corrected chi connectivity index (χ2v) is 8.02. The van der Waals surface area contributed by atoms with Crippen LogP contribution < -0.4 is 5.32 Å². The predicted molar refractivity (Wildman–Crippen MR) is 113 cm³/mol. The molecule has 0 spiro atoms. The maximum Gasteiger partial charge on any atom is 0.228 e. The van der Waals surface area contributed by atoms with Crippen LogP contribution in [-0.4, -0.2) is 33.4 Å². The topological polar surface area (TPSA) is 50.2 Å². The van der Waals surface area contributed by atoms with E-state index in [2.05, 4.69) is 34.7 Å². The monoisotopic (exact) mass is 394 g/mol. The third-order valence-corrected chi connectivity index (χ3v) is 5.56. The standard InChI is InChI=1S/C23H27FN4O/c1-16(2)28-21-12-6-5-11-20(21)25-22(28)15-27-13-7-8-17(14-27)23(29)26-19-10-4-3-9-18(19)24/h3-6,9-12,16-17H,7-8,13-15H2,1-2H3,(H,26,29)/t17-/m1/s1. The van der Waals surface area contributed by atoms with Gasteiger partial charge in [0.15, 0.2) is 0 Å². The number of piperidine rings is 1. The number of carbonyl (C=O) groups is 1. The van der Waals surface area contributed by atoms with Crippen LogP contribution in [0.5, 0.6) is 0 Å². The molecule has 0 radical (unpaired) electrons. The number of nitrogens with zero attached hydrogens (tertiary/aromatic N) is 3. The number of rotatable bonds is 5. The van der Waals surface area contributed by atoms with Crippen molar-refractivity contribution >= 4 is 22.6 Å². The summed E-state index contributed by atoms with van der Waals surface area (Å²) >= 11 is 0. The summed E-state index contributed by atoms with van der Waals surface area (Å²) in [6.07, 6.45) is 1.76. The molecule has 1 saturated heterocycles. The molecule has 3 aromatic rings. The molecule has 1 aromatic heterocycles. The van der Waals surface area contributed by atoms with Crippen LogP contribution in [-0.2, 0) is 11.3 Å². The third kappa shape index (κ3) is 4.17. The van der Waals surface area contributed by atoms with Gasteiger partial charge in [-0.05, 0) is 57.5 Å². The van der Waals surface area contributed by atoms with Gasteiger partial charge in [-0.15, -0.1) is 0 Å². The molecule has 29 heavy (non-hydrogen) atoms. The van der Waals surface area contributed by atoms with Crippen molar-refractivity contribution in [1.82, 2.24) is 14.5 Å². The molecule has 0 saturated carbocycles. The van der Waals surface area contributed by atoms with Crippen LogP contribution in [0.4, 0.5) is 10.1 Å². The largest absolute Gasteiger partial charge is 0.324 e. The van der Waals surface area contributed by atoms with E-state index in [4.69, 9.17) is 4.98 Å². The van der Waals surface area contributed by atoms with E-state index < -0.39 is 5.82 Å². The molecule has 1 aliphatic rings. The number of hydrogen-bond donors (Lipinski definition) is 1. The Morgan fingerprint density at radius 1 is 1.21 bits per heavy atom. The summed E-state index contributed by atoms with van der Waals surface area (Å²) in [6, 6.07) is 14.8. The van der Waals surface area contributed by atoms with Gasteiger partial charge in [-0.3, -0.25) is 9.69 Å². The summed E-state index contributed by atoms with van der Waals surface area (Å²) in [4.78, 5) is 19.8. The highest BCUT2D eigenvalue weighted by molar-refractivity contribution is 5.92. The molecule has 1 atom stereocenters. The van der Waals surface area contributed by atoms with E-state index in [1.807, 2.05) is 18.2 Å². The zero-order chi connectivity index (χ0) is 20.4. The average molecular weight is 394 g/mol. The highest BCUT2D eigenvalue weighted by atomic mass is 19.1. The number of fused-ring (bicyclic) bond motifs is 1. The SMILES string of the molecule is CC(C)n1c(CN2CCC[C@@H](C(=O)Nc3ccccc3F)C2)nc2ccccc21. The number of benzene rings is 2. The van der Waals surface area contributed by atoms with E-state index in [9.17, 15) is 9.18 Å². The van der Waals surface area contributed by atoms with Crippen LogP contribution in [0.25, 0.3) is 11.0 Å². The second-order valence-electron chi connectivity index (χ2n) is 8.02. The molecular formula is C23H27FN4O. The molecule has 2 aromatic carbocycles. The van der Waals surface area contributed by atoms with Crippen LogP contribution in [0.3, 0.4) is 0 Å². The zero-order valence-electron chi connectivity index (χ0n) is 16.9. The van der Waals surface area contributed by atoms with Crippen LogP contribution in [0.1, 0.15) is 38.6 Å². The highest BCUT2D eigenvalue weighted by Crippen LogP contribution is 2.25. The lowest BCUT2D eigenvalue weighted by atomic mass is 9.97. The Labute approximate surface area is 170 Å². The summed E-state index contributed by atoms with van der Waals surface area (Å²) in [7, 11) is 0. The van der Waals surface area contributed by atoms with Crippen LogP contribution in [0.15, 0.2) is 48.5 Å². The van der Waals surface area contributed by atoms with Gasteiger partial charge in [0.2, 0.25) is 5.91 Å². The number of hydrogen-bond acceptors (Lipinski definition) is 3. The molecule has 1 N–H and O–H groups in total. The summed E-state index contributed by atoms with van der Waals surface area (Å²) in [5, 5.41) is 2.75. The lowest BCUT2D eigenvalue weighted by molar-refractivity contribution is -0.121. The molecule has 2 heterocycles. The maximum atomic E-state index is 13.9. The van der Waals surface area contributed by atoms with Crippen molar-refractivity contribution in [1.29, 1.82) is 0 Å². The summed E-state index contributed by atoms with van der Waals surface area (Å²) in [5.41, 5.74) is 2.39. The molecule has 1 amide bonds. The van der Waals surface area contributed by atoms with Crippen molar-refractivity contribution in [3.63, 3.8) is 0 Å². The number of nitrogens with one attached hydrogen (secondary N) is 1. The van der Waals surface area contributed by atoms with E-state index >= 15 is 0 Å². The fourth-order valence-electron chi connectivity index (χ4n) is 4.19. The van der Waals surface area contributed by atoms with Gasteiger partial charge in [-0.25, -0.2) is 9.37 Å². The number of aromatic nitrogens is 2. The van der Waals surface area contributed by atoms with Crippen molar-refractivity contribution in [2.45, 2.75) is 39.3 Å². The van der Waals surface area contributed by atoms with Crippen LogP contribution in [0.2, 0.25) is 0 Å². The van der Waals surface area contributed by atoms with Crippen molar-refractivity contribution in [3.8, 4) is 0 Å². The van der Waals surface area contributed by atoms with Crippen molar-refractivity contribution in [3.05, 3.63) is 60.2 Å². The first-order chi connectivity index (χ1) is 14.0. The van der Waals surface area contributed by atoms with Crippen molar-refractivity contribution in [2.24, 2.45) is 5.92 Å². The molecule has 5 nitrogen and oxygen atoms in total. The van der Waals surface area contributed by atoms with Crippen LogP contribution >= 0.6 is 0 Å². The van der Waals surface area contributed by atoms with E-state index in [-0.39, 0.29) is 17.5 Å². The normalized spacial score (nSPS) is 17.7. The quantitative estimate of drug-likeness (QED) is 0.688. The molecule has 6 heteroatoms. The Bertz CT molecular complexity index is 1010. The van der Waals surface area contributed by atoms with Gasteiger partial charge in [-0.1, -0.05) is 24.3 Å². The Hall–Kier alpha value is -2.73. The highest BCUT2D eigenvalue weighted by Gasteiger charge is 2.27. The van der Waals surface area contributed by atoms with E-state index in [1.54, 1.807) is 18.2 Å². The molecule has 4 rings (SSSR count). The number of para-hydroxylation sites is 3. The van der Waals surface area contributed by atoms with E-state index in [0.717, 1.165) is 36.2 Å². The van der Waals surface area contributed by atoms with Crippen molar-refractivity contribution in [2.75, 3.05) is 18.4 Å². The lowest BCUT2D eigenvalue weighted by Crippen LogP contribution is -2.40. The molecule has 0 unspecified atom stereocenters. The van der Waals surface area contributed by atoms with Gasteiger partial charge >= 0.3 is 0 Å². The van der Waals surface area contributed by atoms with E-state index in [1.165, 1.54) is 6.07 Å². The first-order valence-corrected chi connectivity index (χ1v) is 10.3. The Morgan fingerprint density at radius 3 is 2.76 bits per heavy atom. The minimum atomic E-state index is -0.404. The van der Waals surface area contributed by atoms with Gasteiger partial charge in [0.25, 0.3) is 0 Å². The van der Waals surface area contributed by atoms with Gasteiger partial charge in [0.1, 0.15) is 11.6 Å². The van der Waals surface area contributed by atoms with E-state index in [0.29, 0.717) is 19.1 Å². The number of imidazole rings is 1. The Morgan fingerprint density at radius 2 is 1.97 bits per heavy atom. The van der Waals surface area contributed by atoms with Crippen LogP contribution in [0, 0.1) is 11.7 Å². The maximum absolute atomic E-state index is 13.9. The van der Waals surface area contributed by atoms with Crippen molar-refractivity contribution < 1.29 is 9.18 Å². The predicted octanol–water partition coefficient (Wildman–Crippen LogP) is 4.61. The Kier molecular flexibility index (Phi) is 5.62. The first-order valence-electron chi connectivity index (χ1n) is 10.3. The van der Waals surface area contributed by atoms with Gasteiger partial charge < -0.3 is 9.88 Å². The summed E-state index contributed by atoms with van der Waals surface area (Å²) < 4.78 is 16.1. The molecule has 1 aliphatic heterocycles. The number of halogens is 1. The summed E-state index contributed by atoms with van der Waals surface area (Å²) in [5.74, 6) is 0.355. The molecule has 1 fully saturated rings. The number of likely N-dealkylation sites (tertiary alicyclic amines) is 1. The smallest absolute Gasteiger partial charge is 0.228 e. The van der Waals surface area contributed by atoms with Gasteiger partial charge in [-0.2, -0.15) is 0 Å². The summed E-state index contributed by atoms with van der Waals surface area (Å²) in [6.45, 7) is 6.62. The third-order valence-electron chi connectivity index (χ3n) is 5.56. The fraction of sp³-hybridized carbons (Fsp3) is 0.391. The number of carbonyl (C=O) groups excluding carboxylic acids is 1. The molecular weight excluding hydrogens is 367 g/mol. The van der Waals surface area contributed by atoms with Gasteiger partial charge in [0, 0.05) is 12.6 Å². The lowest BCUT2D eigenvalue weighted by Gasteiger charge is -2.32. The minimum absolute atomic E-state index is 0.114.